The van der Waals surface area contributed by atoms with E-state index in [0.717, 1.165) is 24.0 Å². The third kappa shape index (κ3) is 4.67. The second kappa shape index (κ2) is 8.65. The molecule has 0 radical (unpaired) electrons. The van der Waals surface area contributed by atoms with E-state index in [2.05, 4.69) is 12.1 Å². The molecule has 2 N–H and O–H groups in total. The van der Waals surface area contributed by atoms with Gasteiger partial charge in [0.2, 0.25) is 10.0 Å². The number of oxazole rings is 1. The van der Waals surface area contributed by atoms with Crippen LogP contribution in [0.1, 0.15) is 17.9 Å². The van der Waals surface area contributed by atoms with Gasteiger partial charge in [-0.25, -0.2) is 18.5 Å². The van der Waals surface area contributed by atoms with Crippen molar-refractivity contribution in [3.63, 3.8) is 0 Å². The summed E-state index contributed by atoms with van der Waals surface area (Å²) in [5, 5.41) is 5.21. The lowest BCUT2D eigenvalue weighted by atomic mass is 10.1. The van der Waals surface area contributed by atoms with Crippen LogP contribution in [0.15, 0.2) is 94.2 Å². The third-order valence-corrected chi connectivity index (χ3v) is 5.79. The molecule has 0 atom stereocenters. The van der Waals surface area contributed by atoms with E-state index in [1.165, 1.54) is 17.7 Å². The highest BCUT2D eigenvalue weighted by molar-refractivity contribution is 7.89. The Hall–Kier alpha value is -3.22. The second-order valence-corrected chi connectivity index (χ2v) is 8.62. The molecular weight excluding hydrogens is 396 g/mol. The van der Waals surface area contributed by atoms with Gasteiger partial charge in [0.15, 0.2) is 11.7 Å². The highest BCUT2D eigenvalue weighted by Gasteiger charge is 2.17. The van der Waals surface area contributed by atoms with Crippen LogP contribution >= 0.6 is 0 Å². The summed E-state index contributed by atoms with van der Waals surface area (Å²) >= 11 is 0. The monoisotopic (exact) mass is 418 g/mol. The average molecular weight is 419 g/mol. The lowest BCUT2D eigenvalue weighted by Gasteiger charge is -2.03. The highest BCUT2D eigenvalue weighted by atomic mass is 32.2. The molecule has 1 aromatic heterocycles. The summed E-state index contributed by atoms with van der Waals surface area (Å²) in [6, 6.07) is 26.5. The minimum absolute atomic E-state index is 0.0686. The van der Waals surface area contributed by atoms with Crippen LogP contribution in [0, 0.1) is 0 Å². The summed E-state index contributed by atoms with van der Waals surface area (Å²) in [6.07, 6.45) is 2.58. The summed E-state index contributed by atoms with van der Waals surface area (Å²) in [5.74, 6) is 1.34. The topological polar surface area (TPSA) is 86.2 Å². The van der Waals surface area contributed by atoms with Crippen molar-refractivity contribution in [2.45, 2.75) is 24.2 Å². The molecule has 4 aromatic rings. The standard InChI is InChI=1S/C24H22N2O3S/c25-30(27,28)21-16-14-19(15-17-21)23-24(20-11-5-2-6-12-20)29-22(26-23)13-7-10-18-8-3-1-4-9-18/h1-6,8-9,11-12,14-17H,7,10,13H2,(H2,25,27,28). The van der Waals surface area contributed by atoms with Gasteiger partial charge < -0.3 is 4.42 Å². The fourth-order valence-electron chi connectivity index (χ4n) is 3.34. The Morgan fingerprint density at radius 1 is 0.767 bits per heavy atom. The average Bonchev–Trinajstić information content (AvgIpc) is 3.19. The molecule has 6 heteroatoms. The maximum atomic E-state index is 11.6. The molecule has 0 aliphatic rings. The summed E-state index contributed by atoms with van der Waals surface area (Å²) in [7, 11) is -3.74. The maximum Gasteiger partial charge on any atom is 0.238 e. The summed E-state index contributed by atoms with van der Waals surface area (Å²) in [4.78, 5) is 4.80. The molecule has 0 aliphatic heterocycles. The predicted molar refractivity (Wildman–Crippen MR) is 117 cm³/mol. The molecule has 0 fully saturated rings. The van der Waals surface area contributed by atoms with Crippen molar-refractivity contribution in [2.24, 2.45) is 5.14 Å². The quantitative estimate of drug-likeness (QED) is 0.466. The Morgan fingerprint density at radius 3 is 2.03 bits per heavy atom. The van der Waals surface area contributed by atoms with Crippen LogP contribution in [-0.4, -0.2) is 13.4 Å². The van der Waals surface area contributed by atoms with Gasteiger partial charge in [-0.2, -0.15) is 0 Å². The number of aryl methyl sites for hydroxylation is 2. The lowest BCUT2D eigenvalue weighted by Crippen LogP contribution is -2.11. The van der Waals surface area contributed by atoms with E-state index < -0.39 is 10.0 Å². The van der Waals surface area contributed by atoms with E-state index in [-0.39, 0.29) is 4.90 Å². The zero-order valence-corrected chi connectivity index (χ0v) is 17.2. The number of benzene rings is 3. The molecule has 30 heavy (non-hydrogen) atoms. The van der Waals surface area contributed by atoms with Crippen molar-refractivity contribution >= 4 is 10.0 Å². The van der Waals surface area contributed by atoms with Crippen LogP contribution < -0.4 is 5.14 Å². The van der Waals surface area contributed by atoms with Gasteiger partial charge in [-0.1, -0.05) is 72.8 Å². The molecule has 0 saturated heterocycles. The van der Waals surface area contributed by atoms with Gasteiger partial charge in [0.05, 0.1) is 4.90 Å². The normalized spacial score (nSPS) is 11.5. The molecule has 1 heterocycles. The number of sulfonamides is 1. The van der Waals surface area contributed by atoms with E-state index in [9.17, 15) is 8.42 Å². The van der Waals surface area contributed by atoms with Crippen LogP contribution in [0.25, 0.3) is 22.6 Å². The Balaban J connectivity index is 1.63. The molecule has 0 spiro atoms. The maximum absolute atomic E-state index is 11.6. The molecule has 0 saturated carbocycles. The Kier molecular flexibility index (Phi) is 5.79. The zero-order chi connectivity index (χ0) is 21.0. The van der Waals surface area contributed by atoms with Crippen LogP contribution in [-0.2, 0) is 22.9 Å². The molecule has 152 valence electrons. The Bertz CT molecular complexity index is 1220. The molecular formula is C24H22N2O3S. The van der Waals surface area contributed by atoms with Crippen molar-refractivity contribution < 1.29 is 12.8 Å². The fraction of sp³-hybridized carbons (Fsp3) is 0.125. The molecule has 0 amide bonds. The number of hydrogen-bond donors (Lipinski definition) is 1. The molecule has 0 aliphatic carbocycles. The number of primary sulfonamides is 1. The molecule has 3 aromatic carbocycles. The first kappa shape index (κ1) is 20.1. The lowest BCUT2D eigenvalue weighted by molar-refractivity contribution is 0.498. The summed E-state index contributed by atoms with van der Waals surface area (Å²) < 4.78 is 29.2. The van der Waals surface area contributed by atoms with E-state index in [1.54, 1.807) is 12.1 Å². The number of hydrogen-bond acceptors (Lipinski definition) is 4. The van der Waals surface area contributed by atoms with Gasteiger partial charge in [0.25, 0.3) is 0 Å². The first-order chi connectivity index (χ1) is 14.5. The number of aromatic nitrogens is 1. The van der Waals surface area contributed by atoms with Crippen LogP contribution in [0.5, 0.6) is 0 Å². The second-order valence-electron chi connectivity index (χ2n) is 7.06. The first-order valence-corrected chi connectivity index (χ1v) is 11.3. The molecule has 4 rings (SSSR count). The van der Waals surface area contributed by atoms with Crippen molar-refractivity contribution in [1.82, 2.24) is 4.98 Å². The van der Waals surface area contributed by atoms with Gasteiger partial charge in [-0.15, -0.1) is 0 Å². The van der Waals surface area contributed by atoms with E-state index in [1.807, 2.05) is 48.5 Å². The van der Waals surface area contributed by atoms with Crippen LogP contribution in [0.3, 0.4) is 0 Å². The summed E-state index contributed by atoms with van der Waals surface area (Å²) in [6.45, 7) is 0. The van der Waals surface area contributed by atoms with Crippen LogP contribution in [0.4, 0.5) is 0 Å². The number of nitrogens with two attached hydrogens (primary N) is 1. The fourth-order valence-corrected chi connectivity index (χ4v) is 3.86. The van der Waals surface area contributed by atoms with Crippen molar-refractivity contribution in [3.05, 3.63) is 96.4 Å². The molecule has 5 nitrogen and oxygen atoms in total. The van der Waals surface area contributed by atoms with Gasteiger partial charge >= 0.3 is 0 Å². The summed E-state index contributed by atoms with van der Waals surface area (Å²) in [5.41, 5.74) is 3.67. The van der Waals surface area contributed by atoms with Gasteiger partial charge in [-0.05, 0) is 30.5 Å². The van der Waals surface area contributed by atoms with Gasteiger partial charge in [0, 0.05) is 17.5 Å². The number of nitrogens with zero attached hydrogens (tertiary/aromatic N) is 1. The van der Waals surface area contributed by atoms with Crippen molar-refractivity contribution in [1.29, 1.82) is 0 Å². The highest BCUT2D eigenvalue weighted by Crippen LogP contribution is 2.33. The predicted octanol–water partition coefficient (Wildman–Crippen LogP) is 4.83. The van der Waals surface area contributed by atoms with E-state index >= 15 is 0 Å². The van der Waals surface area contributed by atoms with Gasteiger partial charge in [0.1, 0.15) is 5.69 Å². The smallest absolute Gasteiger partial charge is 0.238 e. The Labute approximate surface area is 176 Å². The third-order valence-electron chi connectivity index (χ3n) is 4.86. The van der Waals surface area contributed by atoms with E-state index in [0.29, 0.717) is 23.8 Å². The minimum Gasteiger partial charge on any atom is -0.440 e. The van der Waals surface area contributed by atoms with Gasteiger partial charge in [-0.3, -0.25) is 0 Å². The SMILES string of the molecule is NS(=O)(=O)c1ccc(-c2nc(CCCc3ccccc3)oc2-c2ccccc2)cc1. The van der Waals surface area contributed by atoms with Crippen molar-refractivity contribution in [3.8, 4) is 22.6 Å². The van der Waals surface area contributed by atoms with Crippen LogP contribution in [0.2, 0.25) is 0 Å². The minimum atomic E-state index is -3.74. The Morgan fingerprint density at radius 2 is 1.40 bits per heavy atom. The van der Waals surface area contributed by atoms with Crippen molar-refractivity contribution in [2.75, 3.05) is 0 Å². The number of rotatable bonds is 7. The molecule has 0 bridgehead atoms. The van der Waals surface area contributed by atoms with E-state index in [4.69, 9.17) is 14.5 Å². The zero-order valence-electron chi connectivity index (χ0n) is 16.4. The largest absolute Gasteiger partial charge is 0.440 e. The first-order valence-electron chi connectivity index (χ1n) is 9.73. The molecule has 0 unspecified atom stereocenters.